The number of fused-ring (bicyclic) bond motifs is 1. The molecule has 0 amide bonds. The first-order valence-corrected chi connectivity index (χ1v) is 5.23. The lowest BCUT2D eigenvalue weighted by Crippen LogP contribution is -2.20. The molecule has 0 radical (unpaired) electrons. The smallest absolute Gasteiger partial charge is 0.142 e. The maximum atomic E-state index is 6.00. The normalized spacial score (nSPS) is 20.7. The Balaban J connectivity index is 2.56. The third kappa shape index (κ3) is 1.68. The number of hydrogen-bond donors (Lipinski definition) is 1. The van der Waals surface area contributed by atoms with Crippen molar-refractivity contribution in [2.45, 2.75) is 12.5 Å². The van der Waals surface area contributed by atoms with Crippen LogP contribution in [-0.4, -0.2) is 6.61 Å². The molecule has 13 heavy (non-hydrogen) atoms. The highest BCUT2D eigenvalue weighted by atomic mass is 79.9. The lowest BCUT2D eigenvalue weighted by atomic mass is 10.0. The molecule has 1 aromatic carbocycles. The lowest BCUT2D eigenvalue weighted by Gasteiger charge is -2.23. The first-order chi connectivity index (χ1) is 6.18. The molecule has 1 atom stereocenters. The minimum atomic E-state index is 0.0405. The summed E-state index contributed by atoms with van der Waals surface area (Å²) in [6.45, 7) is 0.648. The molecule has 70 valence electrons. The largest absolute Gasteiger partial charge is 0.492 e. The fourth-order valence-corrected chi connectivity index (χ4v) is 2.34. The van der Waals surface area contributed by atoms with Gasteiger partial charge in [0.1, 0.15) is 5.75 Å². The van der Waals surface area contributed by atoms with Gasteiger partial charge in [-0.1, -0.05) is 27.5 Å². The zero-order chi connectivity index (χ0) is 9.42. The molecule has 0 saturated carbocycles. The summed E-state index contributed by atoms with van der Waals surface area (Å²) in [6.07, 6.45) is 0.847. The van der Waals surface area contributed by atoms with Gasteiger partial charge in [-0.3, -0.25) is 0 Å². The molecular formula is C9H9BrClNO. The molecule has 1 aliphatic rings. The van der Waals surface area contributed by atoms with Gasteiger partial charge in [-0.25, -0.2) is 0 Å². The summed E-state index contributed by atoms with van der Waals surface area (Å²) in [4.78, 5) is 0. The highest BCUT2D eigenvalue weighted by Crippen LogP contribution is 2.38. The summed E-state index contributed by atoms with van der Waals surface area (Å²) in [5.41, 5.74) is 6.92. The molecule has 1 aliphatic heterocycles. The summed E-state index contributed by atoms with van der Waals surface area (Å²) in [5, 5.41) is 0.625. The summed E-state index contributed by atoms with van der Waals surface area (Å²) in [7, 11) is 0. The third-order valence-electron chi connectivity index (χ3n) is 2.11. The second-order valence-electron chi connectivity index (χ2n) is 3.05. The molecule has 4 heteroatoms. The number of rotatable bonds is 0. The van der Waals surface area contributed by atoms with Crippen molar-refractivity contribution in [3.63, 3.8) is 0 Å². The van der Waals surface area contributed by atoms with E-state index in [-0.39, 0.29) is 6.04 Å². The minimum absolute atomic E-state index is 0.0405. The van der Waals surface area contributed by atoms with E-state index in [0.717, 1.165) is 22.2 Å². The van der Waals surface area contributed by atoms with Crippen LogP contribution in [0.1, 0.15) is 18.0 Å². The molecule has 0 fully saturated rings. The van der Waals surface area contributed by atoms with E-state index in [0.29, 0.717) is 11.6 Å². The number of nitrogens with two attached hydrogens (primary N) is 1. The number of benzene rings is 1. The van der Waals surface area contributed by atoms with Crippen LogP contribution in [0.15, 0.2) is 16.6 Å². The van der Waals surface area contributed by atoms with Crippen LogP contribution in [0.2, 0.25) is 5.02 Å². The van der Waals surface area contributed by atoms with Crippen molar-refractivity contribution in [1.82, 2.24) is 0 Å². The van der Waals surface area contributed by atoms with Crippen LogP contribution in [-0.2, 0) is 0 Å². The van der Waals surface area contributed by atoms with Gasteiger partial charge in [-0.2, -0.15) is 0 Å². The summed E-state index contributed by atoms with van der Waals surface area (Å²) in [6, 6.07) is 3.82. The Kier molecular flexibility index (Phi) is 2.49. The van der Waals surface area contributed by atoms with Crippen molar-refractivity contribution in [2.75, 3.05) is 6.61 Å². The molecule has 2 N–H and O–H groups in total. The maximum absolute atomic E-state index is 6.00. The zero-order valence-corrected chi connectivity index (χ0v) is 9.23. The second-order valence-corrected chi connectivity index (χ2v) is 4.37. The molecule has 2 rings (SSSR count). The third-order valence-corrected chi connectivity index (χ3v) is 2.85. The van der Waals surface area contributed by atoms with Crippen molar-refractivity contribution in [1.29, 1.82) is 0 Å². The first-order valence-electron chi connectivity index (χ1n) is 4.06. The number of hydrogen-bond acceptors (Lipinski definition) is 2. The van der Waals surface area contributed by atoms with E-state index in [1.165, 1.54) is 0 Å². The minimum Gasteiger partial charge on any atom is -0.492 e. The van der Waals surface area contributed by atoms with Crippen LogP contribution in [0, 0.1) is 0 Å². The fourth-order valence-electron chi connectivity index (χ4n) is 1.45. The molecular weight excluding hydrogens is 253 g/mol. The van der Waals surface area contributed by atoms with Crippen LogP contribution >= 0.6 is 27.5 Å². The van der Waals surface area contributed by atoms with E-state index >= 15 is 0 Å². The SMILES string of the molecule is N[C@@H]1CCOc2c(Cl)cc(Br)cc21. The quantitative estimate of drug-likeness (QED) is 0.780. The molecule has 0 saturated heterocycles. The van der Waals surface area contributed by atoms with Gasteiger partial charge in [0.15, 0.2) is 0 Å². The van der Waals surface area contributed by atoms with Gasteiger partial charge in [0.05, 0.1) is 11.6 Å². The van der Waals surface area contributed by atoms with Gasteiger partial charge >= 0.3 is 0 Å². The molecule has 0 bridgehead atoms. The van der Waals surface area contributed by atoms with Crippen LogP contribution in [0.5, 0.6) is 5.75 Å². The molecule has 0 aliphatic carbocycles. The van der Waals surface area contributed by atoms with E-state index < -0.39 is 0 Å². The fraction of sp³-hybridized carbons (Fsp3) is 0.333. The molecule has 0 unspecified atom stereocenters. The van der Waals surface area contributed by atoms with Gasteiger partial charge in [-0.05, 0) is 12.1 Å². The average Bonchev–Trinajstić information content (AvgIpc) is 2.07. The molecule has 0 aromatic heterocycles. The number of ether oxygens (including phenoxy) is 1. The summed E-state index contributed by atoms with van der Waals surface area (Å²) >= 11 is 9.38. The highest BCUT2D eigenvalue weighted by Gasteiger charge is 2.20. The Morgan fingerprint density at radius 1 is 1.54 bits per heavy atom. The Labute approximate surface area is 90.1 Å². The van der Waals surface area contributed by atoms with Crippen molar-refractivity contribution in [3.8, 4) is 5.75 Å². The van der Waals surface area contributed by atoms with Gasteiger partial charge in [0, 0.05) is 22.5 Å². The van der Waals surface area contributed by atoms with E-state index in [4.69, 9.17) is 22.1 Å². The summed E-state index contributed by atoms with van der Waals surface area (Å²) in [5.74, 6) is 0.739. The van der Waals surface area contributed by atoms with Crippen LogP contribution in [0.3, 0.4) is 0 Å². The van der Waals surface area contributed by atoms with Gasteiger partial charge < -0.3 is 10.5 Å². The van der Waals surface area contributed by atoms with Gasteiger partial charge in [0.2, 0.25) is 0 Å². The molecule has 1 aromatic rings. The molecule has 0 spiro atoms. The van der Waals surface area contributed by atoms with Crippen LogP contribution in [0.25, 0.3) is 0 Å². The highest BCUT2D eigenvalue weighted by molar-refractivity contribution is 9.10. The van der Waals surface area contributed by atoms with Crippen LogP contribution in [0.4, 0.5) is 0 Å². The van der Waals surface area contributed by atoms with Gasteiger partial charge in [0.25, 0.3) is 0 Å². The van der Waals surface area contributed by atoms with E-state index in [9.17, 15) is 0 Å². The van der Waals surface area contributed by atoms with E-state index in [1.807, 2.05) is 12.1 Å². The van der Waals surface area contributed by atoms with E-state index in [1.54, 1.807) is 0 Å². The zero-order valence-electron chi connectivity index (χ0n) is 6.89. The predicted molar refractivity (Wildman–Crippen MR) is 56.2 cm³/mol. The van der Waals surface area contributed by atoms with Crippen molar-refractivity contribution in [3.05, 3.63) is 27.2 Å². The van der Waals surface area contributed by atoms with Gasteiger partial charge in [-0.15, -0.1) is 0 Å². The monoisotopic (exact) mass is 261 g/mol. The topological polar surface area (TPSA) is 35.2 Å². The van der Waals surface area contributed by atoms with E-state index in [2.05, 4.69) is 15.9 Å². The van der Waals surface area contributed by atoms with Crippen molar-refractivity contribution >= 4 is 27.5 Å². The predicted octanol–water partition coefficient (Wildman–Crippen LogP) is 2.88. The summed E-state index contributed by atoms with van der Waals surface area (Å²) < 4.78 is 6.39. The molecule has 1 heterocycles. The Morgan fingerprint density at radius 2 is 2.31 bits per heavy atom. The Morgan fingerprint density at radius 3 is 3.08 bits per heavy atom. The van der Waals surface area contributed by atoms with Crippen molar-refractivity contribution < 1.29 is 4.74 Å². The maximum Gasteiger partial charge on any atom is 0.142 e. The number of halogens is 2. The average molecular weight is 263 g/mol. The van der Waals surface area contributed by atoms with Crippen LogP contribution < -0.4 is 10.5 Å². The first kappa shape index (κ1) is 9.31. The lowest BCUT2D eigenvalue weighted by molar-refractivity contribution is 0.269. The Bertz CT molecular complexity index is 343. The Hall–Kier alpha value is -0.250. The second kappa shape index (κ2) is 3.48. The van der Waals surface area contributed by atoms with Crippen molar-refractivity contribution in [2.24, 2.45) is 5.73 Å². The molecule has 2 nitrogen and oxygen atoms in total. The standard InChI is InChI=1S/C9H9BrClNO/c10-5-3-6-8(12)1-2-13-9(6)7(11)4-5/h3-4,8H,1-2,12H2/t8-/m1/s1.